The first-order chi connectivity index (χ1) is 9.70. The van der Waals surface area contributed by atoms with Crippen molar-refractivity contribution in [1.29, 1.82) is 0 Å². The smallest absolute Gasteiger partial charge is 0.229 e. The summed E-state index contributed by atoms with van der Waals surface area (Å²) in [6, 6.07) is 8.72. The van der Waals surface area contributed by atoms with Crippen LogP contribution in [0.5, 0.6) is 0 Å². The predicted octanol–water partition coefficient (Wildman–Crippen LogP) is 3.28. The van der Waals surface area contributed by atoms with Crippen LogP contribution in [0, 0.1) is 0 Å². The number of halogens is 1. The van der Waals surface area contributed by atoms with E-state index in [1.807, 2.05) is 12.1 Å². The Kier molecular flexibility index (Phi) is 4.17. The second-order valence-electron chi connectivity index (χ2n) is 5.43. The molecule has 1 N–H and O–H groups in total. The molecule has 0 radical (unpaired) electrons. The Morgan fingerprint density at radius 3 is 3.15 bits per heavy atom. The van der Waals surface area contributed by atoms with Gasteiger partial charge in [-0.05, 0) is 44.0 Å². The van der Waals surface area contributed by atoms with Gasteiger partial charge in [-0.1, -0.05) is 33.2 Å². The fraction of sp³-hybridized carbons (Fsp3) is 0.467. The fourth-order valence-electron chi connectivity index (χ4n) is 2.69. The molecule has 4 nitrogen and oxygen atoms in total. The van der Waals surface area contributed by atoms with Crippen molar-refractivity contribution < 1.29 is 4.52 Å². The van der Waals surface area contributed by atoms with Crippen molar-refractivity contribution in [3.8, 4) is 0 Å². The van der Waals surface area contributed by atoms with E-state index >= 15 is 0 Å². The zero-order valence-corrected chi connectivity index (χ0v) is 13.1. The number of nitrogens with zero attached hydrogens (tertiary/aromatic N) is 2. The largest absolute Gasteiger partial charge is 0.339 e. The van der Waals surface area contributed by atoms with Gasteiger partial charge in [0, 0.05) is 22.9 Å². The molecular weight excluding hydrogens is 318 g/mol. The Morgan fingerprint density at radius 2 is 2.35 bits per heavy atom. The molecule has 106 valence electrons. The Labute approximate surface area is 127 Å². The van der Waals surface area contributed by atoms with Gasteiger partial charge in [0.05, 0.1) is 0 Å². The average molecular weight is 336 g/mol. The van der Waals surface area contributed by atoms with Crippen LogP contribution in [0.1, 0.15) is 43.0 Å². The highest BCUT2D eigenvalue weighted by Crippen LogP contribution is 2.26. The molecule has 0 spiro atoms. The molecule has 5 heteroatoms. The SMILES string of the molecule is CC1CC(c2nc(Cc3cccc(Br)c3)no2)CCN1. The molecule has 1 aromatic carbocycles. The van der Waals surface area contributed by atoms with Gasteiger partial charge in [-0.25, -0.2) is 0 Å². The minimum Gasteiger partial charge on any atom is -0.339 e. The molecule has 1 aliphatic rings. The van der Waals surface area contributed by atoms with Crippen molar-refractivity contribution in [1.82, 2.24) is 15.5 Å². The summed E-state index contributed by atoms with van der Waals surface area (Å²) in [7, 11) is 0. The van der Waals surface area contributed by atoms with Crippen molar-refractivity contribution in [2.45, 2.75) is 38.1 Å². The number of benzene rings is 1. The molecule has 1 fully saturated rings. The van der Waals surface area contributed by atoms with Gasteiger partial charge in [-0.2, -0.15) is 4.98 Å². The quantitative estimate of drug-likeness (QED) is 0.935. The third-order valence-corrected chi connectivity index (χ3v) is 4.20. The molecule has 0 aliphatic carbocycles. The molecule has 3 rings (SSSR count). The molecule has 1 aliphatic heterocycles. The van der Waals surface area contributed by atoms with E-state index in [2.05, 4.69) is 50.4 Å². The highest BCUT2D eigenvalue weighted by Gasteiger charge is 2.24. The van der Waals surface area contributed by atoms with Crippen LogP contribution in [-0.4, -0.2) is 22.7 Å². The van der Waals surface area contributed by atoms with Crippen LogP contribution in [0.4, 0.5) is 0 Å². The summed E-state index contributed by atoms with van der Waals surface area (Å²) in [4.78, 5) is 4.57. The Balaban J connectivity index is 1.70. The van der Waals surface area contributed by atoms with Gasteiger partial charge in [-0.3, -0.25) is 0 Å². The fourth-order valence-corrected chi connectivity index (χ4v) is 3.14. The van der Waals surface area contributed by atoms with E-state index in [1.54, 1.807) is 0 Å². The number of piperidine rings is 1. The van der Waals surface area contributed by atoms with E-state index in [9.17, 15) is 0 Å². The van der Waals surface area contributed by atoms with Crippen LogP contribution in [-0.2, 0) is 6.42 Å². The monoisotopic (exact) mass is 335 g/mol. The summed E-state index contributed by atoms with van der Waals surface area (Å²) < 4.78 is 6.53. The number of aromatic nitrogens is 2. The van der Waals surface area contributed by atoms with Gasteiger partial charge in [-0.15, -0.1) is 0 Å². The van der Waals surface area contributed by atoms with Gasteiger partial charge in [0.15, 0.2) is 5.82 Å². The van der Waals surface area contributed by atoms with Crippen molar-refractivity contribution >= 4 is 15.9 Å². The molecule has 2 aromatic rings. The molecule has 0 amide bonds. The summed E-state index contributed by atoms with van der Waals surface area (Å²) in [5.41, 5.74) is 1.19. The van der Waals surface area contributed by atoms with Crippen molar-refractivity contribution in [3.05, 3.63) is 46.0 Å². The lowest BCUT2D eigenvalue weighted by molar-refractivity contribution is 0.294. The standard InChI is InChI=1S/C15H18BrN3O/c1-10-7-12(5-6-17-10)15-18-14(19-20-15)9-11-3-2-4-13(16)8-11/h2-4,8,10,12,17H,5-7,9H2,1H3. The summed E-state index contributed by atoms with van der Waals surface area (Å²) in [5.74, 6) is 1.96. The minimum absolute atomic E-state index is 0.398. The van der Waals surface area contributed by atoms with Gasteiger partial charge in [0.2, 0.25) is 5.89 Å². The van der Waals surface area contributed by atoms with Gasteiger partial charge in [0.1, 0.15) is 0 Å². The van der Waals surface area contributed by atoms with Crippen LogP contribution in [0.15, 0.2) is 33.3 Å². The van der Waals surface area contributed by atoms with Crippen LogP contribution in [0.3, 0.4) is 0 Å². The molecule has 2 atom stereocenters. The van der Waals surface area contributed by atoms with E-state index in [-0.39, 0.29) is 0 Å². The highest BCUT2D eigenvalue weighted by atomic mass is 79.9. The molecule has 0 saturated carbocycles. The van der Waals surface area contributed by atoms with Crippen LogP contribution >= 0.6 is 15.9 Å². The average Bonchev–Trinajstić information content (AvgIpc) is 2.87. The predicted molar refractivity (Wildman–Crippen MR) is 80.7 cm³/mol. The number of nitrogens with one attached hydrogen (secondary N) is 1. The Morgan fingerprint density at radius 1 is 1.45 bits per heavy atom. The van der Waals surface area contributed by atoms with E-state index in [4.69, 9.17) is 4.52 Å². The minimum atomic E-state index is 0.398. The first-order valence-corrected chi connectivity index (χ1v) is 7.80. The van der Waals surface area contributed by atoms with Crippen LogP contribution in [0.25, 0.3) is 0 Å². The molecular formula is C15H18BrN3O. The third-order valence-electron chi connectivity index (χ3n) is 3.71. The Bertz CT molecular complexity index is 584. The van der Waals surface area contributed by atoms with Gasteiger partial charge >= 0.3 is 0 Å². The van der Waals surface area contributed by atoms with Crippen molar-refractivity contribution in [3.63, 3.8) is 0 Å². The van der Waals surface area contributed by atoms with E-state index in [0.717, 1.165) is 35.6 Å². The molecule has 1 saturated heterocycles. The summed E-state index contributed by atoms with van der Waals surface area (Å²) in [6.45, 7) is 3.22. The lowest BCUT2D eigenvalue weighted by Crippen LogP contribution is -2.34. The molecule has 1 aromatic heterocycles. The number of hydrogen-bond acceptors (Lipinski definition) is 4. The van der Waals surface area contributed by atoms with Gasteiger partial charge < -0.3 is 9.84 Å². The summed E-state index contributed by atoms with van der Waals surface area (Å²) in [6.07, 6.45) is 2.85. The van der Waals surface area contributed by atoms with E-state index in [0.29, 0.717) is 18.4 Å². The van der Waals surface area contributed by atoms with Crippen LogP contribution < -0.4 is 5.32 Å². The maximum Gasteiger partial charge on any atom is 0.229 e. The van der Waals surface area contributed by atoms with E-state index < -0.39 is 0 Å². The maximum absolute atomic E-state index is 5.45. The lowest BCUT2D eigenvalue weighted by Gasteiger charge is -2.25. The zero-order valence-electron chi connectivity index (χ0n) is 11.5. The Hall–Kier alpha value is -1.20. The second kappa shape index (κ2) is 6.06. The first kappa shape index (κ1) is 13.8. The summed E-state index contributed by atoms with van der Waals surface area (Å²) >= 11 is 3.48. The zero-order chi connectivity index (χ0) is 13.9. The summed E-state index contributed by atoms with van der Waals surface area (Å²) in [5, 5.41) is 7.56. The molecule has 2 heterocycles. The second-order valence-corrected chi connectivity index (χ2v) is 6.35. The van der Waals surface area contributed by atoms with Crippen molar-refractivity contribution in [2.24, 2.45) is 0 Å². The highest BCUT2D eigenvalue weighted by molar-refractivity contribution is 9.10. The molecule has 20 heavy (non-hydrogen) atoms. The normalized spacial score (nSPS) is 22.9. The number of rotatable bonds is 3. The molecule has 2 unspecified atom stereocenters. The first-order valence-electron chi connectivity index (χ1n) is 7.01. The van der Waals surface area contributed by atoms with Gasteiger partial charge in [0.25, 0.3) is 0 Å². The van der Waals surface area contributed by atoms with Crippen molar-refractivity contribution in [2.75, 3.05) is 6.54 Å². The maximum atomic E-state index is 5.45. The van der Waals surface area contributed by atoms with Crippen LogP contribution in [0.2, 0.25) is 0 Å². The number of hydrogen-bond donors (Lipinski definition) is 1. The topological polar surface area (TPSA) is 51.0 Å². The van der Waals surface area contributed by atoms with E-state index in [1.165, 1.54) is 5.56 Å². The third kappa shape index (κ3) is 3.27. The lowest BCUT2D eigenvalue weighted by atomic mass is 9.93. The molecule has 0 bridgehead atoms.